The minimum atomic E-state index is -0.896. The zero-order valence-corrected chi connectivity index (χ0v) is 18.7. The fourth-order valence-electron chi connectivity index (χ4n) is 4.31. The van der Waals surface area contributed by atoms with Crippen LogP contribution >= 0.6 is 0 Å². The van der Waals surface area contributed by atoms with E-state index in [1.807, 2.05) is 13.8 Å². The molecule has 0 bridgehead atoms. The first kappa shape index (κ1) is 22.9. The molecule has 2 fully saturated rings. The minimum Gasteiger partial charge on any atom is -0.507 e. The maximum Gasteiger partial charge on any atom is 0.295 e. The summed E-state index contributed by atoms with van der Waals surface area (Å²) in [6.45, 7) is 7.08. The van der Waals surface area contributed by atoms with E-state index in [1.165, 1.54) is 35.2 Å². The first-order valence-electron chi connectivity index (χ1n) is 10.9. The van der Waals surface area contributed by atoms with E-state index in [0.29, 0.717) is 25.3 Å². The van der Waals surface area contributed by atoms with Gasteiger partial charge in [-0.25, -0.2) is 4.39 Å². The lowest BCUT2D eigenvalue weighted by atomic mass is 9.94. The average molecular weight is 454 g/mol. The number of hydrogen-bond donors (Lipinski definition) is 2. The first-order chi connectivity index (χ1) is 15.8. The second-order valence-electron chi connectivity index (χ2n) is 8.45. The Labute approximate surface area is 191 Å². The summed E-state index contributed by atoms with van der Waals surface area (Å²) in [5, 5.41) is 21.6. The number of aryl methyl sites for hydroxylation is 2. The Hall–Kier alpha value is -3.23. The van der Waals surface area contributed by atoms with Gasteiger partial charge in [0, 0.05) is 26.2 Å². The maximum absolute atomic E-state index is 13.6. The van der Waals surface area contributed by atoms with Gasteiger partial charge in [0.15, 0.2) is 0 Å². The van der Waals surface area contributed by atoms with Crippen LogP contribution in [0.4, 0.5) is 4.39 Å². The second kappa shape index (κ2) is 9.33. The molecule has 174 valence electrons. The molecule has 0 spiro atoms. The van der Waals surface area contributed by atoms with Crippen molar-refractivity contribution < 1.29 is 28.9 Å². The highest BCUT2D eigenvalue weighted by atomic mass is 19.1. The van der Waals surface area contributed by atoms with Crippen LogP contribution in [0.3, 0.4) is 0 Å². The third kappa shape index (κ3) is 4.49. The van der Waals surface area contributed by atoms with Gasteiger partial charge in [-0.15, -0.1) is 0 Å². The predicted molar refractivity (Wildman–Crippen MR) is 120 cm³/mol. The molecule has 1 amide bonds. The molecule has 2 aromatic carbocycles. The number of aliphatic hydroxyl groups is 1. The molecule has 4 rings (SSSR count). The molecular formula is C25H27FN2O5. The molecule has 8 heteroatoms. The normalized spacial score (nSPS) is 21.1. The van der Waals surface area contributed by atoms with Crippen LogP contribution in [-0.4, -0.2) is 71.1 Å². The molecular weight excluding hydrogens is 427 g/mol. The summed E-state index contributed by atoms with van der Waals surface area (Å²) in [5.41, 5.74) is 2.10. The lowest BCUT2D eigenvalue weighted by molar-refractivity contribution is -0.140. The fourth-order valence-corrected chi connectivity index (χ4v) is 4.31. The van der Waals surface area contributed by atoms with E-state index in [0.717, 1.165) is 24.2 Å². The van der Waals surface area contributed by atoms with Gasteiger partial charge in [-0.3, -0.25) is 14.5 Å². The summed E-state index contributed by atoms with van der Waals surface area (Å²) in [7, 11) is 0. The molecule has 2 saturated heterocycles. The molecule has 2 aromatic rings. The van der Waals surface area contributed by atoms with E-state index in [1.54, 1.807) is 6.07 Å². The zero-order chi connectivity index (χ0) is 23.7. The number of carbonyl (C=O) groups excluding carboxylic acids is 2. The molecule has 7 nitrogen and oxygen atoms in total. The van der Waals surface area contributed by atoms with E-state index >= 15 is 0 Å². The van der Waals surface area contributed by atoms with Crippen LogP contribution in [0.5, 0.6) is 5.75 Å². The lowest BCUT2D eigenvalue weighted by Gasteiger charge is -2.31. The quantitative estimate of drug-likeness (QED) is 0.410. The monoisotopic (exact) mass is 454 g/mol. The second-order valence-corrected chi connectivity index (χ2v) is 8.45. The smallest absolute Gasteiger partial charge is 0.295 e. The Morgan fingerprint density at radius 3 is 2.36 bits per heavy atom. The summed E-state index contributed by atoms with van der Waals surface area (Å²) in [6.07, 6.45) is 0. The van der Waals surface area contributed by atoms with Gasteiger partial charge in [-0.1, -0.05) is 12.1 Å². The molecule has 2 aliphatic heterocycles. The van der Waals surface area contributed by atoms with Gasteiger partial charge < -0.3 is 19.8 Å². The summed E-state index contributed by atoms with van der Waals surface area (Å²) < 4.78 is 19.0. The van der Waals surface area contributed by atoms with E-state index in [9.17, 15) is 24.2 Å². The molecule has 0 aliphatic carbocycles. The number of ether oxygens (including phenoxy) is 1. The van der Waals surface area contributed by atoms with Gasteiger partial charge in [-0.2, -0.15) is 0 Å². The van der Waals surface area contributed by atoms with Crippen LogP contribution in [0.25, 0.3) is 5.76 Å². The van der Waals surface area contributed by atoms with Crippen molar-refractivity contribution in [3.8, 4) is 5.75 Å². The number of likely N-dealkylation sites (tertiary alicyclic amines) is 1. The number of rotatable bonds is 5. The van der Waals surface area contributed by atoms with Crippen LogP contribution in [0.2, 0.25) is 0 Å². The first-order valence-corrected chi connectivity index (χ1v) is 10.9. The number of amides is 1. The Morgan fingerprint density at radius 2 is 1.70 bits per heavy atom. The van der Waals surface area contributed by atoms with Crippen LogP contribution in [-0.2, 0) is 14.3 Å². The number of phenolic OH excluding ortho intramolecular Hbond substituents is 1. The van der Waals surface area contributed by atoms with Crippen molar-refractivity contribution in [2.75, 3.05) is 39.4 Å². The highest BCUT2D eigenvalue weighted by Gasteiger charge is 2.46. The number of aromatic hydroxyl groups is 1. The number of hydrogen-bond acceptors (Lipinski definition) is 6. The predicted octanol–water partition coefficient (Wildman–Crippen LogP) is 2.90. The van der Waals surface area contributed by atoms with Gasteiger partial charge in [0.25, 0.3) is 11.7 Å². The number of morpholine rings is 1. The van der Waals surface area contributed by atoms with Gasteiger partial charge in [-0.05, 0) is 54.8 Å². The van der Waals surface area contributed by atoms with Gasteiger partial charge in [0.05, 0.1) is 30.4 Å². The van der Waals surface area contributed by atoms with Gasteiger partial charge >= 0.3 is 0 Å². The van der Waals surface area contributed by atoms with Crippen molar-refractivity contribution in [1.29, 1.82) is 0 Å². The number of carbonyl (C=O) groups is 2. The molecule has 2 N–H and O–H groups in total. The Kier molecular flexibility index (Phi) is 6.49. The number of halogens is 1. The van der Waals surface area contributed by atoms with Crippen LogP contribution in [0, 0.1) is 19.7 Å². The van der Waals surface area contributed by atoms with Crippen molar-refractivity contribution in [2.45, 2.75) is 19.9 Å². The number of benzene rings is 2. The highest BCUT2D eigenvalue weighted by Crippen LogP contribution is 2.41. The van der Waals surface area contributed by atoms with Gasteiger partial charge in [0.2, 0.25) is 0 Å². The minimum absolute atomic E-state index is 0.0800. The maximum atomic E-state index is 13.6. The molecule has 1 atom stereocenters. The van der Waals surface area contributed by atoms with Crippen molar-refractivity contribution in [3.05, 3.63) is 70.0 Å². The van der Waals surface area contributed by atoms with Crippen LogP contribution < -0.4 is 0 Å². The summed E-state index contributed by atoms with van der Waals surface area (Å²) in [4.78, 5) is 29.7. The zero-order valence-electron chi connectivity index (χ0n) is 18.7. The largest absolute Gasteiger partial charge is 0.507 e. The lowest BCUT2D eigenvalue weighted by Crippen LogP contribution is -2.42. The number of nitrogens with zero attached hydrogens (tertiary/aromatic N) is 2. The topological polar surface area (TPSA) is 90.3 Å². The van der Waals surface area contributed by atoms with Crippen molar-refractivity contribution >= 4 is 17.4 Å². The summed E-state index contributed by atoms with van der Waals surface area (Å²) >= 11 is 0. The molecule has 0 saturated carbocycles. The number of phenols is 1. The van der Waals surface area contributed by atoms with Gasteiger partial charge in [0.1, 0.15) is 17.3 Å². The third-order valence-corrected chi connectivity index (χ3v) is 6.35. The Morgan fingerprint density at radius 1 is 1.06 bits per heavy atom. The van der Waals surface area contributed by atoms with Crippen molar-refractivity contribution in [3.63, 3.8) is 0 Å². The molecule has 0 radical (unpaired) electrons. The molecule has 2 heterocycles. The number of ketones is 1. The van der Waals surface area contributed by atoms with E-state index in [2.05, 4.69) is 4.90 Å². The molecule has 0 aromatic heterocycles. The van der Waals surface area contributed by atoms with Crippen molar-refractivity contribution in [2.24, 2.45) is 0 Å². The summed E-state index contributed by atoms with van der Waals surface area (Å²) in [5.74, 6) is -2.65. The molecule has 2 aliphatic rings. The highest BCUT2D eigenvalue weighted by molar-refractivity contribution is 6.46. The SMILES string of the molecule is Cc1cc(O)c(C(O)=C2C(=O)C(=O)N(CCN3CCOCC3)[C@H]2c2ccc(F)cc2)cc1C. The average Bonchev–Trinajstić information content (AvgIpc) is 3.05. The Bertz CT molecular complexity index is 1110. The van der Waals surface area contributed by atoms with Crippen molar-refractivity contribution in [1.82, 2.24) is 9.80 Å². The summed E-state index contributed by atoms with van der Waals surface area (Å²) in [6, 6.07) is 7.71. The fraction of sp³-hybridized carbons (Fsp3) is 0.360. The van der Waals surface area contributed by atoms with E-state index < -0.39 is 29.3 Å². The molecule has 0 unspecified atom stereocenters. The van der Waals surface area contributed by atoms with Crippen LogP contribution in [0.15, 0.2) is 42.0 Å². The third-order valence-electron chi connectivity index (χ3n) is 6.35. The molecule has 33 heavy (non-hydrogen) atoms. The van der Waals surface area contributed by atoms with Crippen LogP contribution in [0.1, 0.15) is 28.3 Å². The number of Topliss-reactive ketones (excluding diaryl/α,β-unsaturated/α-hetero) is 1. The standard InChI is InChI=1S/C25H27FN2O5/c1-15-13-19(20(29)14-16(15)2)23(30)21-22(17-3-5-18(26)6-4-17)28(25(32)24(21)31)8-7-27-9-11-33-12-10-27/h3-6,13-14,22,29-30H,7-12H2,1-2H3/t22-/m0/s1. The Balaban J connectivity index is 1.78. The van der Waals surface area contributed by atoms with E-state index in [4.69, 9.17) is 4.74 Å². The van der Waals surface area contributed by atoms with E-state index in [-0.39, 0.29) is 23.4 Å². The number of aliphatic hydroxyl groups excluding tert-OH is 1.